The van der Waals surface area contributed by atoms with Crippen molar-refractivity contribution < 1.29 is 18.3 Å². The summed E-state index contributed by atoms with van der Waals surface area (Å²) >= 11 is 0. The van der Waals surface area contributed by atoms with Crippen molar-refractivity contribution in [2.24, 2.45) is 0 Å². The number of aryl methyl sites for hydroxylation is 1. The number of piperidine rings is 1. The molecule has 2 atom stereocenters. The van der Waals surface area contributed by atoms with Gasteiger partial charge in [0.2, 0.25) is 0 Å². The molecule has 0 aliphatic carbocycles. The number of aromatic nitrogens is 4. The average molecular weight is 517 g/mol. The number of fused-ring (bicyclic) bond motifs is 2. The lowest BCUT2D eigenvalue weighted by Gasteiger charge is -2.30. The average Bonchev–Trinajstić information content (AvgIpc) is 3.39. The van der Waals surface area contributed by atoms with Crippen LogP contribution in [0.25, 0.3) is 16.6 Å². The van der Waals surface area contributed by atoms with Gasteiger partial charge in [-0.25, -0.2) is 23.7 Å². The molecule has 5 aromatic rings. The first-order chi connectivity index (χ1) is 18.5. The molecule has 1 unspecified atom stereocenters. The second-order valence-corrected chi connectivity index (χ2v) is 9.29. The van der Waals surface area contributed by atoms with Crippen LogP contribution in [0.4, 0.5) is 20.3 Å². The van der Waals surface area contributed by atoms with Crippen LogP contribution in [0.1, 0.15) is 18.4 Å². The quantitative estimate of drug-likeness (QED) is 0.279. The van der Waals surface area contributed by atoms with Crippen LogP contribution >= 0.6 is 0 Å². The molecule has 6 rings (SSSR count). The Morgan fingerprint density at radius 1 is 1.05 bits per heavy atom. The monoisotopic (exact) mass is 516 g/mol. The molecule has 3 aromatic heterocycles. The predicted octanol–water partition coefficient (Wildman–Crippen LogP) is 5.89. The summed E-state index contributed by atoms with van der Waals surface area (Å²) in [5.41, 5.74) is 3.25. The molecular weight excluding hydrogens is 490 g/mol. The van der Waals surface area contributed by atoms with Crippen LogP contribution in [0, 0.1) is 6.92 Å². The molecule has 8 nitrogen and oxygen atoms in total. The van der Waals surface area contributed by atoms with E-state index in [0.29, 0.717) is 41.2 Å². The summed E-state index contributed by atoms with van der Waals surface area (Å²) < 4.78 is 40.8. The third-order valence-corrected chi connectivity index (χ3v) is 6.65. The van der Waals surface area contributed by atoms with Gasteiger partial charge in [0.05, 0.1) is 16.9 Å². The van der Waals surface area contributed by atoms with Crippen molar-refractivity contribution in [2.75, 3.05) is 11.9 Å². The van der Waals surface area contributed by atoms with E-state index in [1.54, 1.807) is 6.20 Å². The van der Waals surface area contributed by atoms with E-state index in [9.17, 15) is 8.78 Å². The van der Waals surface area contributed by atoms with E-state index in [0.717, 1.165) is 22.6 Å². The number of nitrogens with one attached hydrogen (secondary N) is 2. The van der Waals surface area contributed by atoms with Gasteiger partial charge in [0.25, 0.3) is 6.43 Å². The zero-order valence-corrected chi connectivity index (χ0v) is 20.6. The molecular formula is C28H26F2N6O2. The zero-order chi connectivity index (χ0) is 26.1. The number of benzene rings is 2. The minimum atomic E-state index is -2.43. The van der Waals surface area contributed by atoms with E-state index in [2.05, 4.69) is 25.6 Å². The summed E-state index contributed by atoms with van der Waals surface area (Å²) in [6.45, 7) is 2.45. The maximum atomic E-state index is 13.3. The molecule has 1 aliphatic heterocycles. The number of halogens is 2. The standard InChI is InChI=1S/C28H26F2N6O2/c1-17-13-18(5-6-23(17)37-20-8-11-36-12-10-32-25(36)15-20)35-28-26-21(33-16-34-28)3-2-4-24(26)38-19-7-9-31-22(14-19)27(29)30/h2-6,8,10-13,15-16,19,22,27,31H,7,9,14H2,1H3,(H,33,34,35)/t19-,22?/m0/s1. The molecule has 0 spiro atoms. The van der Waals surface area contributed by atoms with Crippen molar-refractivity contribution in [1.29, 1.82) is 0 Å². The van der Waals surface area contributed by atoms with Crippen LogP contribution in [0.2, 0.25) is 0 Å². The lowest BCUT2D eigenvalue weighted by atomic mass is 10.0. The highest BCUT2D eigenvalue weighted by atomic mass is 19.3. The van der Waals surface area contributed by atoms with Gasteiger partial charge in [-0.1, -0.05) is 6.07 Å². The van der Waals surface area contributed by atoms with E-state index >= 15 is 0 Å². The van der Waals surface area contributed by atoms with Gasteiger partial charge in [-0.15, -0.1) is 0 Å². The molecule has 10 heteroatoms. The predicted molar refractivity (Wildman–Crippen MR) is 141 cm³/mol. The van der Waals surface area contributed by atoms with E-state index < -0.39 is 12.5 Å². The summed E-state index contributed by atoms with van der Waals surface area (Å²) in [5, 5.41) is 6.94. The van der Waals surface area contributed by atoms with Gasteiger partial charge in [-0.2, -0.15) is 0 Å². The topological polar surface area (TPSA) is 85.6 Å². The van der Waals surface area contributed by atoms with Crippen molar-refractivity contribution in [3.8, 4) is 17.2 Å². The van der Waals surface area contributed by atoms with Gasteiger partial charge in [-0.05, 0) is 61.9 Å². The van der Waals surface area contributed by atoms with Crippen molar-refractivity contribution in [3.05, 3.63) is 79.0 Å². The zero-order valence-electron chi connectivity index (χ0n) is 20.6. The van der Waals surface area contributed by atoms with Crippen LogP contribution in [0.5, 0.6) is 17.2 Å². The third kappa shape index (κ3) is 4.95. The summed E-state index contributed by atoms with van der Waals surface area (Å²) in [5.74, 6) is 2.56. The van der Waals surface area contributed by atoms with Crippen LogP contribution in [-0.2, 0) is 0 Å². The van der Waals surface area contributed by atoms with Crippen LogP contribution < -0.4 is 20.1 Å². The van der Waals surface area contributed by atoms with Crippen molar-refractivity contribution in [3.63, 3.8) is 0 Å². The van der Waals surface area contributed by atoms with Crippen LogP contribution in [0.15, 0.2) is 73.4 Å². The number of alkyl halides is 2. The normalized spacial score (nSPS) is 17.7. The van der Waals surface area contributed by atoms with Gasteiger partial charge >= 0.3 is 0 Å². The lowest BCUT2D eigenvalue weighted by Crippen LogP contribution is -2.46. The van der Waals surface area contributed by atoms with Gasteiger partial charge in [0, 0.05) is 36.8 Å². The summed E-state index contributed by atoms with van der Waals surface area (Å²) in [6, 6.07) is 14.2. The van der Waals surface area contributed by atoms with Gasteiger partial charge in [-0.3, -0.25) is 0 Å². The maximum Gasteiger partial charge on any atom is 0.253 e. The summed E-state index contributed by atoms with van der Waals surface area (Å²) in [7, 11) is 0. The van der Waals surface area contributed by atoms with E-state index in [1.807, 2.05) is 72.2 Å². The molecule has 38 heavy (non-hydrogen) atoms. The number of rotatable bonds is 7. The largest absolute Gasteiger partial charge is 0.489 e. The Hall–Kier alpha value is -4.31. The Labute approximate surface area is 217 Å². The molecule has 4 heterocycles. The molecule has 2 N–H and O–H groups in total. The third-order valence-electron chi connectivity index (χ3n) is 6.65. The number of nitrogens with zero attached hydrogens (tertiary/aromatic N) is 4. The number of ether oxygens (including phenoxy) is 2. The highest BCUT2D eigenvalue weighted by molar-refractivity contribution is 5.95. The first-order valence-corrected chi connectivity index (χ1v) is 12.4. The SMILES string of the molecule is Cc1cc(Nc2ncnc3cccc(O[C@H]4CCNC(C(F)F)C4)c23)ccc1Oc1ccn2ccnc2c1. The summed E-state index contributed by atoms with van der Waals surface area (Å²) in [4.78, 5) is 13.2. The number of hydrogen-bond donors (Lipinski definition) is 2. The molecule has 194 valence electrons. The van der Waals surface area contributed by atoms with Gasteiger partial charge < -0.3 is 24.5 Å². The fraction of sp³-hybridized carbons (Fsp3) is 0.250. The van der Waals surface area contributed by atoms with E-state index in [-0.39, 0.29) is 12.5 Å². The number of anilines is 2. The Morgan fingerprint density at radius 2 is 1.97 bits per heavy atom. The first-order valence-electron chi connectivity index (χ1n) is 12.4. The first kappa shape index (κ1) is 24.1. The van der Waals surface area contributed by atoms with Crippen molar-refractivity contribution in [1.82, 2.24) is 24.7 Å². The van der Waals surface area contributed by atoms with Crippen molar-refractivity contribution >= 4 is 28.1 Å². The number of imidazole rings is 1. The Bertz CT molecular complexity index is 1590. The highest BCUT2D eigenvalue weighted by Crippen LogP contribution is 2.35. The second-order valence-electron chi connectivity index (χ2n) is 9.29. The molecule has 1 saturated heterocycles. The molecule has 1 fully saturated rings. The highest BCUT2D eigenvalue weighted by Gasteiger charge is 2.29. The number of pyridine rings is 1. The second kappa shape index (κ2) is 10.2. The molecule has 0 bridgehead atoms. The Balaban J connectivity index is 1.24. The van der Waals surface area contributed by atoms with Crippen LogP contribution in [-0.4, -0.2) is 44.5 Å². The minimum Gasteiger partial charge on any atom is -0.489 e. The maximum absolute atomic E-state index is 13.3. The molecule has 0 radical (unpaired) electrons. The molecule has 0 saturated carbocycles. The van der Waals surface area contributed by atoms with Crippen molar-refractivity contribution in [2.45, 2.75) is 38.3 Å². The fourth-order valence-corrected chi connectivity index (χ4v) is 4.72. The summed E-state index contributed by atoms with van der Waals surface area (Å²) in [6.07, 6.45) is 5.13. The molecule has 2 aromatic carbocycles. The smallest absolute Gasteiger partial charge is 0.253 e. The van der Waals surface area contributed by atoms with Gasteiger partial charge in [0.15, 0.2) is 0 Å². The molecule has 0 amide bonds. The lowest BCUT2D eigenvalue weighted by molar-refractivity contribution is 0.0470. The minimum absolute atomic E-state index is 0.235. The fourth-order valence-electron chi connectivity index (χ4n) is 4.72. The van der Waals surface area contributed by atoms with E-state index in [1.165, 1.54) is 6.33 Å². The van der Waals surface area contributed by atoms with Crippen LogP contribution in [0.3, 0.4) is 0 Å². The molecule has 1 aliphatic rings. The number of hydrogen-bond acceptors (Lipinski definition) is 7. The Kier molecular flexibility index (Phi) is 6.47. The Morgan fingerprint density at radius 3 is 2.84 bits per heavy atom. The van der Waals surface area contributed by atoms with Gasteiger partial charge in [0.1, 0.15) is 41.1 Å². The van der Waals surface area contributed by atoms with E-state index in [4.69, 9.17) is 9.47 Å².